The van der Waals surface area contributed by atoms with E-state index in [4.69, 9.17) is 4.74 Å². The zero-order valence-corrected chi connectivity index (χ0v) is 18.5. The monoisotopic (exact) mass is 393 g/mol. The van der Waals surface area contributed by atoms with Gasteiger partial charge in [0.2, 0.25) is 0 Å². The Morgan fingerprint density at radius 2 is 1.52 bits per heavy atom. The summed E-state index contributed by atoms with van der Waals surface area (Å²) in [5.41, 5.74) is 4.29. The smallest absolute Gasteiger partial charge is 0.308 e. The van der Waals surface area contributed by atoms with Crippen molar-refractivity contribution in [2.75, 3.05) is 0 Å². The molecule has 0 spiro atoms. The van der Waals surface area contributed by atoms with Gasteiger partial charge < -0.3 is 4.74 Å². The number of fused-ring (bicyclic) bond motifs is 1. The van der Waals surface area contributed by atoms with Crippen molar-refractivity contribution in [2.45, 2.75) is 72.1 Å². The van der Waals surface area contributed by atoms with E-state index >= 15 is 0 Å². The lowest BCUT2D eigenvalue weighted by molar-refractivity contribution is -0.131. The van der Waals surface area contributed by atoms with Crippen molar-refractivity contribution in [3.05, 3.63) is 47.5 Å². The number of esters is 1. The number of ether oxygens (including phenoxy) is 1. The van der Waals surface area contributed by atoms with Crippen LogP contribution >= 0.6 is 0 Å². The molecule has 0 N–H and O–H groups in total. The number of hydrogen-bond acceptors (Lipinski definition) is 4. The lowest BCUT2D eigenvalue weighted by atomic mass is 9.76. The van der Waals surface area contributed by atoms with Gasteiger partial charge in [0.15, 0.2) is 5.75 Å². The Hall–Kier alpha value is -2.69. The van der Waals surface area contributed by atoms with E-state index in [0.717, 1.165) is 29.4 Å². The van der Waals surface area contributed by atoms with Gasteiger partial charge in [-0.2, -0.15) is 0 Å². The topological polar surface area (TPSA) is 57.0 Å². The summed E-state index contributed by atoms with van der Waals surface area (Å²) in [4.78, 5) is 13.6. The summed E-state index contributed by atoms with van der Waals surface area (Å²) in [7, 11) is 0. The van der Waals surface area contributed by atoms with Crippen molar-refractivity contribution in [2.24, 2.45) is 0 Å². The van der Waals surface area contributed by atoms with Crippen LogP contribution in [0.25, 0.3) is 16.7 Å². The minimum Gasteiger partial charge on any atom is -0.424 e. The van der Waals surface area contributed by atoms with Gasteiger partial charge in [-0.15, -0.1) is 15.0 Å². The van der Waals surface area contributed by atoms with E-state index in [-0.39, 0.29) is 16.8 Å². The van der Waals surface area contributed by atoms with Gasteiger partial charge in [-0.25, -0.2) is 0 Å². The summed E-state index contributed by atoms with van der Waals surface area (Å²) in [6.45, 7) is 14.6. The standard InChI is InChI=1S/C24H31N3O2/c1-8-23(4,5)17-14-18(24(6,7)9-2)22(29-16(3)28)21(15-17)27-25-19-12-10-11-13-20(19)26-27/h10-15H,8-9H2,1-7H3. The molecule has 0 unspecified atom stereocenters. The fourth-order valence-electron chi connectivity index (χ4n) is 3.27. The number of nitrogens with zero attached hydrogens (tertiary/aromatic N) is 3. The normalized spacial score (nSPS) is 12.4. The maximum Gasteiger partial charge on any atom is 0.308 e. The Balaban J connectivity index is 2.38. The maximum absolute atomic E-state index is 12.0. The Morgan fingerprint density at radius 1 is 0.966 bits per heavy atom. The fourth-order valence-corrected chi connectivity index (χ4v) is 3.27. The van der Waals surface area contributed by atoms with Gasteiger partial charge in [0.25, 0.3) is 0 Å². The molecule has 0 bridgehead atoms. The molecule has 29 heavy (non-hydrogen) atoms. The maximum atomic E-state index is 12.0. The molecule has 0 saturated heterocycles. The van der Waals surface area contributed by atoms with Crippen LogP contribution in [0.4, 0.5) is 0 Å². The molecule has 3 rings (SSSR count). The van der Waals surface area contributed by atoms with Crippen LogP contribution in [-0.4, -0.2) is 21.0 Å². The van der Waals surface area contributed by atoms with Gasteiger partial charge in [-0.3, -0.25) is 4.79 Å². The first-order chi connectivity index (χ1) is 13.6. The molecule has 3 aromatic rings. The molecule has 154 valence electrons. The van der Waals surface area contributed by atoms with E-state index in [1.54, 1.807) is 4.80 Å². The fraction of sp³-hybridized carbons (Fsp3) is 0.458. The van der Waals surface area contributed by atoms with Gasteiger partial charge in [-0.05, 0) is 47.4 Å². The SMILES string of the molecule is CCC(C)(C)c1cc(-n2nc3ccccc3n2)c(OC(C)=O)c(C(C)(C)CC)c1. The number of hydrogen-bond donors (Lipinski definition) is 0. The second-order valence-electron chi connectivity index (χ2n) is 8.92. The van der Waals surface area contributed by atoms with E-state index in [9.17, 15) is 4.79 Å². The van der Waals surface area contributed by atoms with Gasteiger partial charge in [-0.1, -0.05) is 59.7 Å². The average Bonchev–Trinajstić information content (AvgIpc) is 3.11. The molecule has 5 heteroatoms. The first-order valence-corrected chi connectivity index (χ1v) is 10.3. The van der Waals surface area contributed by atoms with Gasteiger partial charge >= 0.3 is 5.97 Å². The molecule has 2 aromatic carbocycles. The molecule has 0 amide bonds. The molecular weight excluding hydrogens is 362 g/mol. The molecule has 0 fully saturated rings. The number of carbonyl (C=O) groups is 1. The minimum absolute atomic E-state index is 0.0331. The van der Waals surface area contributed by atoms with E-state index in [1.807, 2.05) is 24.3 Å². The van der Waals surface area contributed by atoms with Crippen LogP contribution in [0, 0.1) is 0 Å². The van der Waals surface area contributed by atoms with Crippen molar-refractivity contribution < 1.29 is 9.53 Å². The van der Waals surface area contributed by atoms with Crippen LogP contribution in [0.3, 0.4) is 0 Å². The van der Waals surface area contributed by atoms with Crippen molar-refractivity contribution >= 4 is 17.0 Å². The Morgan fingerprint density at radius 3 is 2.00 bits per heavy atom. The van der Waals surface area contributed by atoms with Crippen molar-refractivity contribution in [1.29, 1.82) is 0 Å². The van der Waals surface area contributed by atoms with Gasteiger partial charge in [0.1, 0.15) is 16.7 Å². The van der Waals surface area contributed by atoms with Crippen LogP contribution in [0.1, 0.15) is 72.4 Å². The molecule has 5 nitrogen and oxygen atoms in total. The van der Waals surface area contributed by atoms with Gasteiger partial charge in [0, 0.05) is 12.5 Å². The van der Waals surface area contributed by atoms with E-state index < -0.39 is 0 Å². The third-order valence-electron chi connectivity index (χ3n) is 6.10. The number of rotatable bonds is 6. The second-order valence-corrected chi connectivity index (χ2v) is 8.92. The minimum atomic E-state index is -0.349. The van der Waals surface area contributed by atoms with Crippen LogP contribution < -0.4 is 4.74 Å². The molecule has 1 heterocycles. The van der Waals surface area contributed by atoms with Gasteiger partial charge in [0.05, 0.1) is 0 Å². The highest BCUT2D eigenvalue weighted by Gasteiger charge is 2.31. The van der Waals surface area contributed by atoms with E-state index in [0.29, 0.717) is 11.4 Å². The molecule has 0 aliphatic carbocycles. The zero-order chi connectivity index (χ0) is 21.4. The molecule has 0 saturated carbocycles. The quantitative estimate of drug-likeness (QED) is 0.397. The molecule has 0 radical (unpaired) electrons. The molecule has 0 aliphatic heterocycles. The highest BCUT2D eigenvalue weighted by Crippen LogP contribution is 2.42. The largest absolute Gasteiger partial charge is 0.424 e. The molecular formula is C24H31N3O2. The Labute approximate surface area is 173 Å². The van der Waals surface area contributed by atoms with Crippen molar-refractivity contribution in [3.8, 4) is 11.4 Å². The summed E-state index contributed by atoms with van der Waals surface area (Å²) in [6.07, 6.45) is 1.89. The van der Waals surface area contributed by atoms with E-state index in [1.165, 1.54) is 12.5 Å². The highest BCUT2D eigenvalue weighted by molar-refractivity contribution is 5.75. The summed E-state index contributed by atoms with van der Waals surface area (Å²) < 4.78 is 5.78. The summed E-state index contributed by atoms with van der Waals surface area (Å²) in [5.74, 6) is 0.193. The number of carbonyl (C=O) groups excluding carboxylic acids is 1. The third-order valence-corrected chi connectivity index (χ3v) is 6.10. The zero-order valence-electron chi connectivity index (χ0n) is 18.5. The average molecular weight is 394 g/mol. The summed E-state index contributed by atoms with van der Waals surface area (Å²) >= 11 is 0. The van der Waals surface area contributed by atoms with Crippen LogP contribution in [0.15, 0.2) is 36.4 Å². The lowest BCUT2D eigenvalue weighted by Gasteiger charge is -2.31. The summed E-state index contributed by atoms with van der Waals surface area (Å²) in [5, 5.41) is 9.33. The Bertz CT molecular complexity index is 1010. The van der Waals surface area contributed by atoms with Crippen molar-refractivity contribution in [3.63, 3.8) is 0 Å². The molecule has 0 atom stereocenters. The molecule has 1 aromatic heterocycles. The predicted molar refractivity (Wildman–Crippen MR) is 117 cm³/mol. The third kappa shape index (κ3) is 4.04. The van der Waals surface area contributed by atoms with Crippen LogP contribution in [0.5, 0.6) is 5.75 Å². The highest BCUT2D eigenvalue weighted by atomic mass is 16.5. The summed E-state index contributed by atoms with van der Waals surface area (Å²) in [6, 6.07) is 12.0. The Kier molecular flexibility index (Phi) is 5.52. The van der Waals surface area contributed by atoms with Crippen LogP contribution in [-0.2, 0) is 15.6 Å². The number of aromatic nitrogens is 3. The lowest BCUT2D eigenvalue weighted by Crippen LogP contribution is -2.23. The predicted octanol–water partition coefficient (Wildman–Crippen LogP) is 5.72. The van der Waals surface area contributed by atoms with Crippen molar-refractivity contribution in [1.82, 2.24) is 15.0 Å². The first kappa shape index (κ1) is 21.0. The van der Waals surface area contributed by atoms with E-state index in [2.05, 4.69) is 63.9 Å². The van der Waals surface area contributed by atoms with Crippen LogP contribution in [0.2, 0.25) is 0 Å². The number of benzene rings is 2. The second kappa shape index (κ2) is 7.62. The molecule has 0 aliphatic rings. The first-order valence-electron chi connectivity index (χ1n) is 10.3.